The molecular weight excluding hydrogens is 438 g/mol. The molecule has 2 aromatic rings. The maximum atomic E-state index is 13.1. The molecule has 1 saturated carbocycles. The Bertz CT molecular complexity index is 1120. The van der Waals surface area contributed by atoms with Gasteiger partial charge in [0.1, 0.15) is 5.76 Å². The molecule has 0 unspecified atom stereocenters. The summed E-state index contributed by atoms with van der Waals surface area (Å²) in [6.45, 7) is 7.51. The lowest BCUT2D eigenvalue weighted by molar-refractivity contribution is -0.313. The third-order valence-electron chi connectivity index (χ3n) is 7.27. The van der Waals surface area contributed by atoms with Gasteiger partial charge >= 0.3 is 0 Å². The average molecular weight is 468 g/mol. The molecule has 3 aliphatic rings. The highest BCUT2D eigenvalue weighted by atomic mass is 35.5. The van der Waals surface area contributed by atoms with Gasteiger partial charge in [0.15, 0.2) is 5.79 Å². The Morgan fingerprint density at radius 3 is 2.18 bits per heavy atom. The molecule has 2 fully saturated rings. The normalized spacial score (nSPS) is 23.2. The summed E-state index contributed by atoms with van der Waals surface area (Å²) < 4.78 is 12.3. The lowest BCUT2D eigenvalue weighted by Crippen LogP contribution is -2.56. The minimum Gasteiger partial charge on any atom is -0.509 e. The quantitative estimate of drug-likeness (QED) is 0.586. The molecular formula is C27H30ClNO4. The largest absolute Gasteiger partial charge is 0.509 e. The Morgan fingerprint density at radius 2 is 1.55 bits per heavy atom. The standard InChI is InChI=1S/C27H30ClNO4/c1-17-4-5-19(18-6-8-20(28)9-7-18)14-21(17)22-23(30)26(29-24(22)31)10-12-27(13-11-26)32-15-25(2,3)16-33-27/h4-9,14,30H,10-13,15-16H2,1-3H3,(H,29,31). The van der Waals surface area contributed by atoms with Crippen LogP contribution in [0.2, 0.25) is 5.02 Å². The van der Waals surface area contributed by atoms with Crippen molar-refractivity contribution in [2.45, 2.75) is 57.8 Å². The maximum Gasteiger partial charge on any atom is 0.256 e. The third-order valence-corrected chi connectivity index (χ3v) is 7.52. The van der Waals surface area contributed by atoms with Gasteiger partial charge in [0.25, 0.3) is 5.91 Å². The molecule has 2 heterocycles. The van der Waals surface area contributed by atoms with Crippen LogP contribution in [0.4, 0.5) is 0 Å². The molecule has 1 amide bonds. The van der Waals surface area contributed by atoms with Crippen LogP contribution in [-0.2, 0) is 14.3 Å². The second kappa shape index (κ2) is 7.86. The van der Waals surface area contributed by atoms with Crippen molar-refractivity contribution >= 4 is 23.1 Å². The van der Waals surface area contributed by atoms with Crippen molar-refractivity contribution in [3.63, 3.8) is 0 Å². The molecule has 2 aliphatic heterocycles. The van der Waals surface area contributed by atoms with E-state index in [-0.39, 0.29) is 17.1 Å². The number of benzene rings is 2. The topological polar surface area (TPSA) is 67.8 Å². The van der Waals surface area contributed by atoms with E-state index in [0.29, 0.717) is 49.5 Å². The number of halogens is 1. The van der Waals surface area contributed by atoms with Crippen LogP contribution in [0, 0.1) is 12.3 Å². The molecule has 2 N–H and O–H groups in total. The van der Waals surface area contributed by atoms with E-state index < -0.39 is 11.3 Å². The molecule has 0 aromatic heterocycles. The summed E-state index contributed by atoms with van der Waals surface area (Å²) in [5.41, 5.74) is 3.27. The molecule has 1 saturated heterocycles. The van der Waals surface area contributed by atoms with Gasteiger partial charge in [0, 0.05) is 23.3 Å². The number of rotatable bonds is 2. The molecule has 6 heteroatoms. The Labute approximate surface area is 199 Å². The fraction of sp³-hybridized carbons (Fsp3) is 0.444. The zero-order valence-corrected chi connectivity index (χ0v) is 20.1. The first kappa shape index (κ1) is 22.5. The van der Waals surface area contributed by atoms with Gasteiger partial charge < -0.3 is 19.9 Å². The molecule has 2 spiro atoms. The number of nitrogens with one attached hydrogen (secondary N) is 1. The van der Waals surface area contributed by atoms with E-state index in [1.165, 1.54) is 0 Å². The van der Waals surface area contributed by atoms with E-state index in [1.54, 1.807) is 0 Å². The summed E-state index contributed by atoms with van der Waals surface area (Å²) >= 11 is 6.04. The number of hydrogen-bond donors (Lipinski definition) is 2. The number of aryl methyl sites for hydroxylation is 1. The van der Waals surface area contributed by atoms with Crippen molar-refractivity contribution in [3.05, 3.63) is 64.4 Å². The molecule has 33 heavy (non-hydrogen) atoms. The monoisotopic (exact) mass is 467 g/mol. The minimum atomic E-state index is -0.764. The van der Waals surface area contributed by atoms with Gasteiger partial charge in [-0.15, -0.1) is 0 Å². The van der Waals surface area contributed by atoms with Gasteiger partial charge in [-0.1, -0.05) is 49.7 Å². The van der Waals surface area contributed by atoms with Crippen LogP contribution in [0.25, 0.3) is 16.7 Å². The van der Waals surface area contributed by atoms with Crippen molar-refractivity contribution in [3.8, 4) is 11.1 Å². The SMILES string of the molecule is Cc1ccc(-c2ccc(Cl)cc2)cc1C1=C(O)C2(CCC3(CC2)OCC(C)(C)CO3)NC1=O. The first-order valence-electron chi connectivity index (χ1n) is 11.5. The van der Waals surface area contributed by atoms with Crippen LogP contribution in [0.3, 0.4) is 0 Å². The van der Waals surface area contributed by atoms with Crippen LogP contribution < -0.4 is 5.32 Å². The Hall–Kier alpha value is -2.34. The fourth-order valence-electron chi connectivity index (χ4n) is 5.09. The Kier molecular flexibility index (Phi) is 5.35. The van der Waals surface area contributed by atoms with Crippen molar-refractivity contribution in [1.82, 2.24) is 5.32 Å². The molecule has 0 radical (unpaired) electrons. The molecule has 2 aromatic carbocycles. The van der Waals surface area contributed by atoms with E-state index in [1.807, 2.05) is 49.4 Å². The summed E-state index contributed by atoms with van der Waals surface area (Å²) in [5, 5.41) is 15.2. The number of amides is 1. The highest BCUT2D eigenvalue weighted by molar-refractivity contribution is 6.30. The van der Waals surface area contributed by atoms with Crippen LogP contribution in [0.5, 0.6) is 0 Å². The van der Waals surface area contributed by atoms with Gasteiger partial charge in [-0.3, -0.25) is 4.79 Å². The Morgan fingerprint density at radius 1 is 0.939 bits per heavy atom. The van der Waals surface area contributed by atoms with E-state index in [4.69, 9.17) is 21.1 Å². The number of ether oxygens (including phenoxy) is 2. The molecule has 5 nitrogen and oxygen atoms in total. The second-order valence-corrected chi connectivity index (χ2v) is 10.9. The molecule has 0 bridgehead atoms. The summed E-state index contributed by atoms with van der Waals surface area (Å²) in [5.74, 6) is -0.708. The predicted molar refractivity (Wildman–Crippen MR) is 129 cm³/mol. The van der Waals surface area contributed by atoms with Crippen LogP contribution in [-0.4, -0.2) is 35.6 Å². The van der Waals surface area contributed by atoms with Crippen LogP contribution in [0.15, 0.2) is 48.2 Å². The summed E-state index contributed by atoms with van der Waals surface area (Å²) in [4.78, 5) is 13.1. The predicted octanol–water partition coefficient (Wildman–Crippen LogP) is 5.80. The first-order valence-corrected chi connectivity index (χ1v) is 11.9. The van der Waals surface area contributed by atoms with E-state index in [0.717, 1.165) is 22.3 Å². The van der Waals surface area contributed by atoms with Crippen molar-refractivity contribution in [2.75, 3.05) is 13.2 Å². The lowest BCUT2D eigenvalue weighted by atomic mass is 9.76. The number of aliphatic hydroxyl groups excluding tert-OH is 1. The molecule has 0 atom stereocenters. The summed E-state index contributed by atoms with van der Waals surface area (Å²) in [7, 11) is 0. The average Bonchev–Trinajstić information content (AvgIpc) is 3.03. The zero-order chi connectivity index (χ0) is 23.4. The van der Waals surface area contributed by atoms with Crippen LogP contribution >= 0.6 is 11.6 Å². The van der Waals surface area contributed by atoms with Crippen molar-refractivity contribution in [1.29, 1.82) is 0 Å². The third kappa shape index (κ3) is 3.96. The Balaban J connectivity index is 1.44. The second-order valence-electron chi connectivity index (χ2n) is 10.4. The van der Waals surface area contributed by atoms with Gasteiger partial charge in [-0.05, 0) is 60.2 Å². The lowest BCUT2D eigenvalue weighted by Gasteiger charge is -2.49. The van der Waals surface area contributed by atoms with Gasteiger partial charge in [-0.25, -0.2) is 0 Å². The fourth-order valence-corrected chi connectivity index (χ4v) is 5.22. The van der Waals surface area contributed by atoms with Gasteiger partial charge in [-0.2, -0.15) is 0 Å². The summed E-state index contributed by atoms with van der Waals surface area (Å²) in [6, 6.07) is 13.6. The number of hydrogen-bond acceptors (Lipinski definition) is 4. The van der Waals surface area contributed by atoms with Crippen molar-refractivity contribution < 1.29 is 19.4 Å². The van der Waals surface area contributed by atoms with Gasteiger partial charge in [0.05, 0.1) is 24.3 Å². The number of carbonyl (C=O) groups is 1. The van der Waals surface area contributed by atoms with Crippen molar-refractivity contribution in [2.24, 2.45) is 5.41 Å². The highest BCUT2D eigenvalue weighted by Gasteiger charge is 2.53. The minimum absolute atomic E-state index is 0.00377. The van der Waals surface area contributed by atoms with Crippen LogP contribution in [0.1, 0.15) is 50.7 Å². The van der Waals surface area contributed by atoms with E-state index in [2.05, 4.69) is 19.2 Å². The molecule has 5 rings (SSSR count). The van der Waals surface area contributed by atoms with Gasteiger partial charge in [0.2, 0.25) is 0 Å². The van der Waals surface area contributed by atoms with E-state index in [9.17, 15) is 9.90 Å². The summed E-state index contributed by atoms with van der Waals surface area (Å²) in [6.07, 6.45) is 2.41. The molecule has 174 valence electrons. The maximum absolute atomic E-state index is 13.1. The number of carbonyl (C=O) groups excluding carboxylic acids is 1. The highest BCUT2D eigenvalue weighted by Crippen LogP contribution is 2.48. The first-order chi connectivity index (χ1) is 15.6. The smallest absolute Gasteiger partial charge is 0.256 e. The zero-order valence-electron chi connectivity index (χ0n) is 19.3. The molecule has 1 aliphatic carbocycles. The number of aliphatic hydroxyl groups is 1. The van der Waals surface area contributed by atoms with E-state index >= 15 is 0 Å².